The minimum atomic E-state index is -0.304. The molecule has 7 heteroatoms. The number of carbonyl (C=O) groups is 1. The van der Waals surface area contributed by atoms with Gasteiger partial charge in [0.1, 0.15) is 4.60 Å². The third kappa shape index (κ3) is 4.27. The highest BCUT2D eigenvalue weighted by Gasteiger charge is 2.13. The van der Waals surface area contributed by atoms with Crippen LogP contribution in [0.3, 0.4) is 0 Å². The molecule has 0 saturated heterocycles. The van der Waals surface area contributed by atoms with Crippen LogP contribution in [0.2, 0.25) is 0 Å². The standard InChI is InChI=1S/C15H16BrN3O2S/c1-9-11(10(2)19-15(18-9)22-3)6-7-13(20)21-12-5-4-8-17-14(12)16/h4-5,8H,6-7H2,1-3H3. The van der Waals surface area contributed by atoms with E-state index in [-0.39, 0.29) is 12.4 Å². The van der Waals surface area contributed by atoms with E-state index >= 15 is 0 Å². The van der Waals surface area contributed by atoms with Gasteiger partial charge >= 0.3 is 5.97 Å². The van der Waals surface area contributed by atoms with E-state index in [2.05, 4.69) is 30.9 Å². The van der Waals surface area contributed by atoms with Gasteiger partial charge in [0.2, 0.25) is 0 Å². The maximum Gasteiger partial charge on any atom is 0.311 e. The van der Waals surface area contributed by atoms with Gasteiger partial charge in [0.25, 0.3) is 0 Å². The summed E-state index contributed by atoms with van der Waals surface area (Å²) in [6.07, 6.45) is 4.39. The molecule has 22 heavy (non-hydrogen) atoms. The molecule has 2 rings (SSSR count). The Kier molecular flexibility index (Phi) is 5.90. The molecule has 0 N–H and O–H groups in total. The predicted octanol–water partition coefficient (Wildman–Crippen LogP) is 3.51. The second-order valence-electron chi connectivity index (χ2n) is 4.63. The summed E-state index contributed by atoms with van der Waals surface area (Å²) in [6, 6.07) is 3.42. The molecule has 0 unspecified atom stereocenters. The molecule has 0 spiro atoms. The Hall–Kier alpha value is -1.47. The Labute approximate surface area is 142 Å². The molecule has 0 aromatic carbocycles. The molecule has 0 aliphatic heterocycles. The number of rotatable bonds is 5. The Balaban J connectivity index is 2.01. The third-order valence-corrected chi connectivity index (χ3v) is 4.25. The summed E-state index contributed by atoms with van der Waals surface area (Å²) in [5.41, 5.74) is 2.82. The van der Waals surface area contributed by atoms with Crippen molar-refractivity contribution < 1.29 is 9.53 Å². The Bertz CT molecular complexity index is 671. The van der Waals surface area contributed by atoms with Crippen molar-refractivity contribution in [3.05, 3.63) is 39.9 Å². The largest absolute Gasteiger partial charge is 0.424 e. The number of pyridine rings is 1. The van der Waals surface area contributed by atoms with Gasteiger partial charge in [-0.1, -0.05) is 11.8 Å². The molecule has 0 amide bonds. The van der Waals surface area contributed by atoms with Crippen LogP contribution in [-0.4, -0.2) is 27.2 Å². The Morgan fingerprint density at radius 2 is 2.00 bits per heavy atom. The van der Waals surface area contributed by atoms with E-state index in [9.17, 15) is 4.79 Å². The van der Waals surface area contributed by atoms with Crippen molar-refractivity contribution in [2.75, 3.05) is 6.26 Å². The van der Waals surface area contributed by atoms with Crippen LogP contribution >= 0.6 is 27.7 Å². The van der Waals surface area contributed by atoms with Crippen molar-refractivity contribution in [1.29, 1.82) is 0 Å². The second kappa shape index (κ2) is 7.69. The Morgan fingerprint density at radius 1 is 1.32 bits per heavy atom. The first kappa shape index (κ1) is 16.9. The van der Waals surface area contributed by atoms with Gasteiger partial charge < -0.3 is 4.74 Å². The number of thioether (sulfide) groups is 1. The summed E-state index contributed by atoms with van der Waals surface area (Å²) in [5.74, 6) is 0.122. The van der Waals surface area contributed by atoms with Gasteiger partial charge in [0.15, 0.2) is 10.9 Å². The molecule has 0 fully saturated rings. The minimum Gasteiger partial charge on any atom is -0.424 e. The normalized spacial score (nSPS) is 10.5. The van der Waals surface area contributed by atoms with Gasteiger partial charge in [-0.25, -0.2) is 15.0 Å². The zero-order valence-electron chi connectivity index (χ0n) is 12.6. The molecule has 2 heterocycles. The number of aromatic nitrogens is 3. The van der Waals surface area contributed by atoms with E-state index in [1.165, 1.54) is 11.8 Å². The van der Waals surface area contributed by atoms with Crippen LogP contribution in [0, 0.1) is 13.8 Å². The molecule has 2 aromatic rings. The monoisotopic (exact) mass is 381 g/mol. The third-order valence-electron chi connectivity index (χ3n) is 3.11. The number of nitrogens with zero attached hydrogens (tertiary/aromatic N) is 3. The first-order chi connectivity index (χ1) is 10.5. The summed E-state index contributed by atoms with van der Waals surface area (Å²) < 4.78 is 5.82. The van der Waals surface area contributed by atoms with Crippen LogP contribution in [0.1, 0.15) is 23.4 Å². The molecular formula is C15H16BrN3O2S. The van der Waals surface area contributed by atoms with Crippen molar-refractivity contribution in [2.24, 2.45) is 0 Å². The summed E-state index contributed by atoms with van der Waals surface area (Å²) in [5, 5.41) is 0.751. The number of carbonyl (C=O) groups excluding carboxylic acids is 1. The number of aryl methyl sites for hydroxylation is 2. The van der Waals surface area contributed by atoms with Gasteiger partial charge in [0.05, 0.1) is 6.42 Å². The molecule has 0 saturated carbocycles. The van der Waals surface area contributed by atoms with Crippen LogP contribution in [0.15, 0.2) is 28.1 Å². The van der Waals surface area contributed by atoms with Crippen molar-refractivity contribution >= 4 is 33.7 Å². The van der Waals surface area contributed by atoms with Gasteiger partial charge in [-0.2, -0.15) is 0 Å². The van der Waals surface area contributed by atoms with Crippen molar-refractivity contribution in [2.45, 2.75) is 31.8 Å². The van der Waals surface area contributed by atoms with E-state index in [1.54, 1.807) is 18.3 Å². The summed E-state index contributed by atoms with van der Waals surface area (Å²) in [7, 11) is 0. The summed E-state index contributed by atoms with van der Waals surface area (Å²) in [6.45, 7) is 3.87. The molecule has 0 aliphatic rings. The zero-order chi connectivity index (χ0) is 16.1. The number of esters is 1. The average Bonchev–Trinajstić information content (AvgIpc) is 2.48. The first-order valence-electron chi connectivity index (χ1n) is 6.70. The first-order valence-corrected chi connectivity index (χ1v) is 8.72. The summed E-state index contributed by atoms with van der Waals surface area (Å²) in [4.78, 5) is 24.8. The highest BCUT2D eigenvalue weighted by molar-refractivity contribution is 9.10. The topological polar surface area (TPSA) is 65.0 Å². The molecule has 0 atom stereocenters. The summed E-state index contributed by atoms with van der Waals surface area (Å²) >= 11 is 4.76. The lowest BCUT2D eigenvalue weighted by Crippen LogP contribution is -2.11. The number of hydrogen-bond acceptors (Lipinski definition) is 6. The number of ether oxygens (including phenoxy) is 1. The second-order valence-corrected chi connectivity index (χ2v) is 6.15. The number of halogens is 1. The lowest BCUT2D eigenvalue weighted by molar-refractivity contribution is -0.134. The van der Waals surface area contributed by atoms with Crippen molar-refractivity contribution in [3.8, 4) is 5.75 Å². The van der Waals surface area contributed by atoms with Crippen molar-refractivity contribution in [3.63, 3.8) is 0 Å². The van der Waals surface area contributed by atoms with Crippen LogP contribution < -0.4 is 4.74 Å². The fraction of sp³-hybridized carbons (Fsp3) is 0.333. The van der Waals surface area contributed by atoms with Gasteiger partial charge in [-0.3, -0.25) is 4.79 Å². The molecule has 0 radical (unpaired) electrons. The fourth-order valence-electron chi connectivity index (χ4n) is 2.01. The van der Waals surface area contributed by atoms with Gasteiger partial charge in [0, 0.05) is 17.6 Å². The molecule has 5 nitrogen and oxygen atoms in total. The van der Waals surface area contributed by atoms with Crippen LogP contribution in [-0.2, 0) is 11.2 Å². The molecular weight excluding hydrogens is 366 g/mol. The zero-order valence-corrected chi connectivity index (χ0v) is 15.0. The highest BCUT2D eigenvalue weighted by atomic mass is 79.9. The lowest BCUT2D eigenvalue weighted by atomic mass is 10.1. The lowest BCUT2D eigenvalue weighted by Gasteiger charge is -2.10. The molecule has 116 valence electrons. The maximum absolute atomic E-state index is 12.0. The van der Waals surface area contributed by atoms with Crippen molar-refractivity contribution in [1.82, 2.24) is 15.0 Å². The van der Waals surface area contributed by atoms with E-state index in [4.69, 9.17) is 4.74 Å². The SMILES string of the molecule is CSc1nc(C)c(CCC(=O)Oc2cccnc2Br)c(C)n1. The number of hydrogen-bond donors (Lipinski definition) is 0. The fourth-order valence-corrected chi connectivity index (χ4v) is 2.80. The quantitative estimate of drug-likeness (QED) is 0.341. The van der Waals surface area contributed by atoms with Crippen LogP contribution in [0.25, 0.3) is 0 Å². The van der Waals surface area contributed by atoms with Gasteiger partial charge in [-0.15, -0.1) is 0 Å². The van der Waals surface area contributed by atoms with Crippen LogP contribution in [0.4, 0.5) is 0 Å². The van der Waals surface area contributed by atoms with Crippen LogP contribution in [0.5, 0.6) is 5.75 Å². The Morgan fingerprint density at radius 3 is 2.59 bits per heavy atom. The predicted molar refractivity (Wildman–Crippen MR) is 89.2 cm³/mol. The molecule has 0 aliphatic carbocycles. The average molecular weight is 382 g/mol. The maximum atomic E-state index is 12.0. The van der Waals surface area contributed by atoms with Gasteiger partial charge in [-0.05, 0) is 60.2 Å². The van der Waals surface area contributed by atoms with E-state index < -0.39 is 0 Å². The molecule has 0 bridgehead atoms. The van der Waals surface area contributed by atoms with E-state index in [0.29, 0.717) is 16.8 Å². The van der Waals surface area contributed by atoms with E-state index in [1.807, 2.05) is 20.1 Å². The minimum absolute atomic E-state index is 0.269. The smallest absolute Gasteiger partial charge is 0.311 e. The highest BCUT2D eigenvalue weighted by Crippen LogP contribution is 2.22. The van der Waals surface area contributed by atoms with E-state index in [0.717, 1.165) is 22.1 Å². The molecule has 2 aromatic heterocycles.